The maximum Gasteiger partial charge on any atom is 0.329 e. The van der Waals surface area contributed by atoms with Gasteiger partial charge in [-0.05, 0) is 43.7 Å². The molecule has 3 aliphatic rings. The van der Waals surface area contributed by atoms with Gasteiger partial charge in [0.05, 0.1) is 24.8 Å². The number of amides is 3. The lowest BCUT2D eigenvalue weighted by Gasteiger charge is -2.36. The lowest BCUT2D eigenvalue weighted by molar-refractivity contribution is -0.222. The Balaban J connectivity index is 1.34. The lowest BCUT2D eigenvalue weighted by Crippen LogP contribution is -2.60. The Bertz CT molecular complexity index is 1010. The van der Waals surface area contributed by atoms with Crippen LogP contribution in [-0.4, -0.2) is 48.4 Å². The number of benzene rings is 2. The number of hydrogen-bond acceptors (Lipinski definition) is 6. The zero-order chi connectivity index (χ0) is 23.2. The van der Waals surface area contributed by atoms with Gasteiger partial charge in [0.15, 0.2) is 12.1 Å². The van der Waals surface area contributed by atoms with Crippen molar-refractivity contribution in [1.29, 1.82) is 0 Å². The molecule has 3 amide bonds. The first-order valence-electron chi connectivity index (χ1n) is 10.9. The summed E-state index contributed by atoms with van der Waals surface area (Å²) in [4.78, 5) is 27.0. The Labute approximate surface area is 196 Å². The molecule has 3 saturated heterocycles. The molecule has 3 heterocycles. The summed E-state index contributed by atoms with van der Waals surface area (Å²) in [5.74, 6) is -1.15. The number of urea groups is 1. The summed E-state index contributed by atoms with van der Waals surface area (Å²) < 4.78 is 24.3. The number of hydrogen-bond donors (Lipinski definition) is 1. The van der Waals surface area contributed by atoms with Crippen molar-refractivity contribution in [3.63, 3.8) is 0 Å². The summed E-state index contributed by atoms with van der Waals surface area (Å²) in [6.07, 6.45) is -2.22. The van der Waals surface area contributed by atoms with E-state index in [1.54, 1.807) is 24.3 Å². The van der Waals surface area contributed by atoms with Crippen molar-refractivity contribution in [2.24, 2.45) is 0 Å². The molecule has 2 aromatic carbocycles. The van der Waals surface area contributed by atoms with Gasteiger partial charge in [-0.1, -0.05) is 41.9 Å². The van der Waals surface area contributed by atoms with Crippen LogP contribution >= 0.6 is 11.6 Å². The molecule has 0 bridgehead atoms. The van der Waals surface area contributed by atoms with Crippen molar-refractivity contribution in [1.82, 2.24) is 5.32 Å². The maximum absolute atomic E-state index is 13.0. The predicted molar refractivity (Wildman–Crippen MR) is 120 cm³/mol. The van der Waals surface area contributed by atoms with Gasteiger partial charge in [-0.3, -0.25) is 4.79 Å². The van der Waals surface area contributed by atoms with E-state index in [0.717, 1.165) is 10.5 Å². The number of anilines is 1. The van der Waals surface area contributed by atoms with Crippen LogP contribution in [0.4, 0.5) is 10.5 Å². The quantitative estimate of drug-likeness (QED) is 0.715. The van der Waals surface area contributed by atoms with Crippen molar-refractivity contribution in [3.05, 3.63) is 65.2 Å². The summed E-state index contributed by atoms with van der Waals surface area (Å²) in [7, 11) is 0. The SMILES string of the molecule is CC1(C)O[C@H]2O[C@H]([C@@H]3CC(=O)N(c4ccc(Cl)cc4)C(=O)N3)[C@H](OCc3ccccc3)[C@H]2O1. The fourth-order valence-corrected chi connectivity index (χ4v) is 4.63. The molecule has 0 saturated carbocycles. The first kappa shape index (κ1) is 22.3. The van der Waals surface area contributed by atoms with Crippen molar-refractivity contribution < 1.29 is 28.5 Å². The number of nitrogens with one attached hydrogen (secondary N) is 1. The molecule has 0 radical (unpaired) electrons. The van der Waals surface area contributed by atoms with Crippen LogP contribution in [0.2, 0.25) is 5.02 Å². The highest BCUT2D eigenvalue weighted by Gasteiger charge is 2.58. The van der Waals surface area contributed by atoms with Gasteiger partial charge in [0.2, 0.25) is 5.91 Å². The predicted octanol–water partition coefficient (Wildman–Crippen LogP) is 3.62. The van der Waals surface area contributed by atoms with Crippen LogP contribution in [0.1, 0.15) is 25.8 Å². The number of carbonyl (C=O) groups is 2. The largest absolute Gasteiger partial charge is 0.368 e. The van der Waals surface area contributed by atoms with Gasteiger partial charge >= 0.3 is 6.03 Å². The summed E-state index contributed by atoms with van der Waals surface area (Å²) in [5.41, 5.74) is 1.45. The van der Waals surface area contributed by atoms with Crippen LogP contribution in [0.5, 0.6) is 0 Å². The second kappa shape index (κ2) is 8.70. The molecule has 5 rings (SSSR count). The number of fused-ring (bicyclic) bond motifs is 1. The number of ether oxygens (including phenoxy) is 4. The van der Waals surface area contributed by atoms with Crippen molar-refractivity contribution in [2.45, 2.75) is 63.3 Å². The minimum atomic E-state index is -0.814. The number of imide groups is 1. The topological polar surface area (TPSA) is 86.3 Å². The summed E-state index contributed by atoms with van der Waals surface area (Å²) in [6.45, 7) is 3.96. The van der Waals surface area contributed by atoms with Crippen LogP contribution in [-0.2, 0) is 30.3 Å². The Morgan fingerprint density at radius 1 is 1.06 bits per heavy atom. The Hall–Kier alpha value is -2.49. The minimum absolute atomic E-state index is 0.0487. The van der Waals surface area contributed by atoms with E-state index < -0.39 is 42.5 Å². The van der Waals surface area contributed by atoms with E-state index in [4.69, 9.17) is 30.5 Å². The van der Waals surface area contributed by atoms with E-state index in [1.165, 1.54) is 0 Å². The minimum Gasteiger partial charge on any atom is -0.368 e. The highest BCUT2D eigenvalue weighted by Crippen LogP contribution is 2.41. The van der Waals surface area contributed by atoms with Gasteiger partial charge in [-0.15, -0.1) is 0 Å². The number of rotatable bonds is 5. The highest BCUT2D eigenvalue weighted by molar-refractivity contribution is 6.30. The van der Waals surface area contributed by atoms with E-state index in [2.05, 4.69) is 5.32 Å². The third kappa shape index (κ3) is 4.49. The molecule has 9 heteroatoms. The zero-order valence-corrected chi connectivity index (χ0v) is 19.0. The number of nitrogens with zero attached hydrogens (tertiary/aromatic N) is 1. The fraction of sp³-hybridized carbons (Fsp3) is 0.417. The molecule has 0 spiro atoms. The van der Waals surface area contributed by atoms with Gasteiger partial charge in [0.1, 0.15) is 18.3 Å². The van der Waals surface area contributed by atoms with Gasteiger partial charge in [0, 0.05) is 5.02 Å². The molecule has 0 unspecified atom stereocenters. The van der Waals surface area contributed by atoms with Crippen LogP contribution in [0.15, 0.2) is 54.6 Å². The molecule has 5 atom stereocenters. The summed E-state index contributed by atoms with van der Waals surface area (Å²) >= 11 is 5.93. The molecule has 3 fully saturated rings. The lowest BCUT2D eigenvalue weighted by atomic mass is 9.98. The fourth-order valence-electron chi connectivity index (χ4n) is 4.50. The molecule has 33 heavy (non-hydrogen) atoms. The maximum atomic E-state index is 13.0. The molecule has 1 N–H and O–H groups in total. The first-order chi connectivity index (χ1) is 15.8. The molecular weight excluding hydrogens is 448 g/mol. The standard InChI is InChI=1S/C24H25ClN2O6/c1-24(2)32-21-20(30-13-14-6-4-3-5-7-14)19(31-22(21)33-24)17-12-18(28)27(23(29)26-17)16-10-8-15(25)9-11-16/h3-11,17,19-22H,12-13H2,1-2H3,(H,26,29)/t17-,19+,20-,21+,22+/m0/s1. The smallest absolute Gasteiger partial charge is 0.329 e. The van der Waals surface area contributed by atoms with Crippen molar-refractivity contribution in [2.75, 3.05) is 4.90 Å². The van der Waals surface area contributed by atoms with Crippen LogP contribution < -0.4 is 10.2 Å². The summed E-state index contributed by atoms with van der Waals surface area (Å²) in [5, 5.41) is 3.43. The Morgan fingerprint density at radius 3 is 2.48 bits per heavy atom. The average Bonchev–Trinajstić information content (AvgIpc) is 3.25. The van der Waals surface area contributed by atoms with E-state index in [-0.39, 0.29) is 12.3 Å². The van der Waals surface area contributed by atoms with Crippen molar-refractivity contribution in [3.8, 4) is 0 Å². The molecular formula is C24H25ClN2O6. The van der Waals surface area contributed by atoms with Gasteiger partial charge in [-0.25, -0.2) is 9.69 Å². The average molecular weight is 473 g/mol. The number of halogens is 1. The molecule has 174 valence electrons. The highest BCUT2D eigenvalue weighted by atomic mass is 35.5. The van der Waals surface area contributed by atoms with E-state index >= 15 is 0 Å². The Kier molecular flexibility index (Phi) is 5.88. The molecule has 0 aromatic heterocycles. The Morgan fingerprint density at radius 2 is 1.79 bits per heavy atom. The third-order valence-corrected chi connectivity index (χ3v) is 6.20. The molecule has 8 nitrogen and oxygen atoms in total. The van der Waals surface area contributed by atoms with E-state index in [1.807, 2.05) is 44.2 Å². The molecule has 2 aromatic rings. The van der Waals surface area contributed by atoms with Crippen molar-refractivity contribution >= 4 is 29.2 Å². The van der Waals surface area contributed by atoms with Gasteiger partial charge in [-0.2, -0.15) is 0 Å². The van der Waals surface area contributed by atoms with E-state index in [9.17, 15) is 9.59 Å². The van der Waals surface area contributed by atoms with Crippen LogP contribution in [0, 0.1) is 0 Å². The second-order valence-electron chi connectivity index (χ2n) is 8.80. The van der Waals surface area contributed by atoms with Crippen LogP contribution in [0.25, 0.3) is 0 Å². The number of carbonyl (C=O) groups excluding carboxylic acids is 2. The second-order valence-corrected chi connectivity index (χ2v) is 9.23. The molecule has 0 aliphatic carbocycles. The van der Waals surface area contributed by atoms with E-state index in [0.29, 0.717) is 17.3 Å². The first-order valence-corrected chi connectivity index (χ1v) is 11.2. The van der Waals surface area contributed by atoms with Gasteiger partial charge < -0.3 is 24.3 Å². The monoisotopic (exact) mass is 472 g/mol. The summed E-state index contributed by atoms with van der Waals surface area (Å²) in [6, 6.07) is 15.2. The third-order valence-electron chi connectivity index (χ3n) is 5.95. The zero-order valence-electron chi connectivity index (χ0n) is 18.3. The normalized spacial score (nSPS) is 30.9. The van der Waals surface area contributed by atoms with Gasteiger partial charge in [0.25, 0.3) is 0 Å². The molecule has 3 aliphatic heterocycles. The van der Waals surface area contributed by atoms with Crippen LogP contribution in [0.3, 0.4) is 0 Å².